The molecule has 0 radical (unpaired) electrons. The summed E-state index contributed by atoms with van der Waals surface area (Å²) in [5, 5.41) is 10.4. The highest BCUT2D eigenvalue weighted by Crippen LogP contribution is 2.25. The molecule has 2 aliphatic rings. The highest BCUT2D eigenvalue weighted by atomic mass is 16.5. The highest BCUT2D eigenvalue weighted by molar-refractivity contribution is 5.76. The van der Waals surface area contributed by atoms with Gasteiger partial charge < -0.3 is 14.7 Å². The van der Waals surface area contributed by atoms with Gasteiger partial charge in [0.05, 0.1) is 6.10 Å². The van der Waals surface area contributed by atoms with Crippen molar-refractivity contribution in [2.24, 2.45) is 11.8 Å². The average Bonchev–Trinajstić information content (AvgIpc) is 2.58. The molecule has 0 aromatic heterocycles. The zero-order valence-corrected chi connectivity index (χ0v) is 13.7. The molecule has 2 saturated heterocycles. The number of nitrogens with zero attached hydrogens (tertiary/aromatic N) is 1. The Labute approximate surface area is 138 Å². The van der Waals surface area contributed by atoms with Gasteiger partial charge in [0.25, 0.3) is 0 Å². The Morgan fingerprint density at radius 2 is 1.91 bits per heavy atom. The lowest BCUT2D eigenvalue weighted by atomic mass is 9.87. The molecule has 0 saturated carbocycles. The Morgan fingerprint density at radius 1 is 1.17 bits per heavy atom. The molecule has 3 rings (SSSR count). The number of likely N-dealkylation sites (tertiary alicyclic amines) is 1. The normalized spacial score (nSPS) is 26.2. The second-order valence-electron chi connectivity index (χ2n) is 6.91. The Kier molecular flexibility index (Phi) is 5.68. The van der Waals surface area contributed by atoms with Crippen molar-refractivity contribution in [1.82, 2.24) is 4.90 Å². The fourth-order valence-corrected chi connectivity index (χ4v) is 3.69. The monoisotopic (exact) mass is 317 g/mol. The van der Waals surface area contributed by atoms with Crippen LogP contribution < -0.4 is 0 Å². The summed E-state index contributed by atoms with van der Waals surface area (Å²) in [6.45, 7) is 2.82. The summed E-state index contributed by atoms with van der Waals surface area (Å²) >= 11 is 0. The van der Waals surface area contributed by atoms with Gasteiger partial charge in [0.1, 0.15) is 0 Å². The van der Waals surface area contributed by atoms with Crippen molar-refractivity contribution in [2.75, 3.05) is 26.3 Å². The minimum absolute atomic E-state index is 0.203. The van der Waals surface area contributed by atoms with E-state index in [4.69, 9.17) is 4.74 Å². The van der Waals surface area contributed by atoms with E-state index in [1.165, 1.54) is 5.56 Å². The van der Waals surface area contributed by atoms with E-state index in [1.807, 2.05) is 23.1 Å². The average molecular weight is 317 g/mol. The van der Waals surface area contributed by atoms with Crippen LogP contribution in [0.1, 0.15) is 31.2 Å². The number of piperidine rings is 1. The minimum atomic E-state index is -0.414. The van der Waals surface area contributed by atoms with Crippen LogP contribution in [0.2, 0.25) is 0 Å². The molecule has 1 aromatic carbocycles. The Morgan fingerprint density at radius 3 is 2.61 bits per heavy atom. The number of rotatable bonds is 4. The predicted molar refractivity (Wildman–Crippen MR) is 89.0 cm³/mol. The van der Waals surface area contributed by atoms with E-state index < -0.39 is 6.10 Å². The van der Waals surface area contributed by atoms with Crippen molar-refractivity contribution >= 4 is 5.91 Å². The largest absolute Gasteiger partial charge is 0.391 e. The first-order chi connectivity index (χ1) is 11.2. The first-order valence-corrected chi connectivity index (χ1v) is 8.80. The molecule has 4 heteroatoms. The number of hydrogen-bond donors (Lipinski definition) is 1. The molecular weight excluding hydrogens is 290 g/mol. The van der Waals surface area contributed by atoms with E-state index >= 15 is 0 Å². The van der Waals surface area contributed by atoms with E-state index in [0.29, 0.717) is 18.9 Å². The number of β-amino-alcohol motifs (C(OH)–C–C–N with tert-alkyl or cyclic N) is 1. The topological polar surface area (TPSA) is 49.8 Å². The third kappa shape index (κ3) is 4.55. The van der Waals surface area contributed by atoms with Crippen LogP contribution in [-0.2, 0) is 16.0 Å². The summed E-state index contributed by atoms with van der Waals surface area (Å²) in [4.78, 5) is 14.3. The van der Waals surface area contributed by atoms with E-state index in [9.17, 15) is 9.90 Å². The SMILES string of the molecule is O=C(CC1CCOCC1)N1CC[C@H](Cc2ccccc2)[C@H](O)C1. The number of hydrogen-bond acceptors (Lipinski definition) is 3. The molecule has 0 aliphatic carbocycles. The molecule has 1 N–H and O–H groups in total. The molecule has 2 fully saturated rings. The molecule has 0 unspecified atom stereocenters. The summed E-state index contributed by atoms with van der Waals surface area (Å²) in [5.74, 6) is 0.911. The lowest BCUT2D eigenvalue weighted by molar-refractivity contribution is -0.137. The number of aliphatic hydroxyl groups is 1. The van der Waals surface area contributed by atoms with Crippen molar-refractivity contribution in [1.29, 1.82) is 0 Å². The fraction of sp³-hybridized carbons (Fsp3) is 0.632. The number of ether oxygens (including phenoxy) is 1. The van der Waals surface area contributed by atoms with Crippen LogP contribution in [0, 0.1) is 11.8 Å². The zero-order valence-electron chi connectivity index (χ0n) is 13.7. The second kappa shape index (κ2) is 7.93. The molecule has 126 valence electrons. The van der Waals surface area contributed by atoms with Gasteiger partial charge in [-0.3, -0.25) is 4.79 Å². The number of carbonyl (C=O) groups excluding carboxylic acids is 1. The van der Waals surface area contributed by atoms with Crippen LogP contribution in [0.25, 0.3) is 0 Å². The summed E-state index contributed by atoms with van der Waals surface area (Å²) in [7, 11) is 0. The molecule has 0 spiro atoms. The first-order valence-electron chi connectivity index (χ1n) is 8.80. The van der Waals surface area contributed by atoms with E-state index in [-0.39, 0.29) is 11.8 Å². The van der Waals surface area contributed by atoms with Crippen molar-refractivity contribution in [3.05, 3.63) is 35.9 Å². The minimum Gasteiger partial charge on any atom is -0.391 e. The van der Waals surface area contributed by atoms with E-state index in [0.717, 1.165) is 45.4 Å². The molecule has 1 amide bonds. The van der Waals surface area contributed by atoms with Crippen LogP contribution in [0.15, 0.2) is 30.3 Å². The second-order valence-corrected chi connectivity index (χ2v) is 6.91. The summed E-state index contributed by atoms with van der Waals surface area (Å²) in [6.07, 6.45) is 3.94. The molecule has 0 bridgehead atoms. The molecule has 2 aliphatic heterocycles. The quantitative estimate of drug-likeness (QED) is 0.927. The predicted octanol–water partition coefficient (Wildman–Crippen LogP) is 2.26. The number of aliphatic hydroxyl groups excluding tert-OH is 1. The van der Waals surface area contributed by atoms with Crippen molar-refractivity contribution in [3.8, 4) is 0 Å². The zero-order chi connectivity index (χ0) is 16.1. The first kappa shape index (κ1) is 16.5. The van der Waals surface area contributed by atoms with Crippen molar-refractivity contribution in [3.63, 3.8) is 0 Å². The van der Waals surface area contributed by atoms with Gasteiger partial charge in [-0.05, 0) is 43.1 Å². The number of amides is 1. The van der Waals surface area contributed by atoms with Crippen molar-refractivity contribution < 1.29 is 14.6 Å². The number of carbonyl (C=O) groups is 1. The Hall–Kier alpha value is -1.39. The Bertz CT molecular complexity index is 499. The maximum atomic E-state index is 12.5. The number of benzene rings is 1. The van der Waals surface area contributed by atoms with Gasteiger partial charge in [-0.25, -0.2) is 0 Å². The lowest BCUT2D eigenvalue weighted by Gasteiger charge is -2.37. The summed E-state index contributed by atoms with van der Waals surface area (Å²) < 4.78 is 5.35. The van der Waals surface area contributed by atoms with Crippen LogP contribution in [0.5, 0.6) is 0 Å². The third-order valence-corrected chi connectivity index (χ3v) is 5.22. The van der Waals surface area contributed by atoms with Gasteiger partial charge in [0.15, 0.2) is 0 Å². The van der Waals surface area contributed by atoms with E-state index in [1.54, 1.807) is 0 Å². The van der Waals surface area contributed by atoms with Crippen LogP contribution in [0.4, 0.5) is 0 Å². The maximum Gasteiger partial charge on any atom is 0.222 e. The van der Waals surface area contributed by atoms with Gasteiger partial charge in [-0.15, -0.1) is 0 Å². The summed E-state index contributed by atoms with van der Waals surface area (Å²) in [6, 6.07) is 10.3. The van der Waals surface area contributed by atoms with Crippen molar-refractivity contribution in [2.45, 2.75) is 38.2 Å². The maximum absolute atomic E-state index is 12.5. The van der Waals surface area contributed by atoms with Gasteiger partial charge in [-0.1, -0.05) is 30.3 Å². The molecular formula is C19H27NO3. The highest BCUT2D eigenvalue weighted by Gasteiger charge is 2.31. The third-order valence-electron chi connectivity index (χ3n) is 5.22. The summed E-state index contributed by atoms with van der Waals surface area (Å²) in [5.41, 5.74) is 1.26. The van der Waals surface area contributed by atoms with Gasteiger partial charge >= 0.3 is 0 Å². The fourth-order valence-electron chi connectivity index (χ4n) is 3.69. The van der Waals surface area contributed by atoms with Gasteiger partial charge in [0, 0.05) is 32.7 Å². The van der Waals surface area contributed by atoms with Crippen LogP contribution in [-0.4, -0.2) is 48.3 Å². The van der Waals surface area contributed by atoms with Gasteiger partial charge in [-0.2, -0.15) is 0 Å². The standard InChI is InChI=1S/C19H27NO3/c21-18-14-20(19(22)13-16-7-10-23-11-8-16)9-6-17(18)12-15-4-2-1-3-5-15/h1-5,16-18,21H,6-14H2/t17-,18-/m1/s1. The molecule has 1 aromatic rings. The molecule has 2 heterocycles. The van der Waals surface area contributed by atoms with Crippen LogP contribution >= 0.6 is 0 Å². The molecule has 4 nitrogen and oxygen atoms in total. The van der Waals surface area contributed by atoms with E-state index in [2.05, 4.69) is 12.1 Å². The Balaban J connectivity index is 1.48. The molecule has 23 heavy (non-hydrogen) atoms. The smallest absolute Gasteiger partial charge is 0.222 e. The lowest BCUT2D eigenvalue weighted by Crippen LogP contribution is -2.47. The molecule has 2 atom stereocenters. The van der Waals surface area contributed by atoms with Crippen LogP contribution in [0.3, 0.4) is 0 Å². The van der Waals surface area contributed by atoms with Gasteiger partial charge in [0.2, 0.25) is 5.91 Å².